The van der Waals surface area contributed by atoms with E-state index in [-0.39, 0.29) is 0 Å². The molecule has 0 bridgehead atoms. The van der Waals surface area contributed by atoms with Crippen LogP contribution >= 0.6 is 11.6 Å². The van der Waals surface area contributed by atoms with Crippen LogP contribution in [0.1, 0.15) is 32.4 Å². The first kappa shape index (κ1) is 18.3. The summed E-state index contributed by atoms with van der Waals surface area (Å²) in [7, 11) is 3.21. The average molecular weight is 350 g/mol. The number of nitrogens with one attached hydrogen (secondary N) is 1. The molecule has 0 fully saturated rings. The van der Waals surface area contributed by atoms with Gasteiger partial charge in [-0.2, -0.15) is 0 Å². The van der Waals surface area contributed by atoms with Gasteiger partial charge in [0.25, 0.3) is 5.88 Å². The number of rotatable bonds is 7. The van der Waals surface area contributed by atoms with Crippen LogP contribution in [0.25, 0.3) is 11.3 Å². The highest BCUT2D eigenvalue weighted by atomic mass is 35.5. The van der Waals surface area contributed by atoms with Crippen LogP contribution in [0.2, 0.25) is 5.02 Å². The second kappa shape index (κ2) is 8.20. The molecule has 0 aliphatic heterocycles. The standard InChI is InChI=1S/C18H24ClN3O2/c1-6-13(7-2)21-17-18(24-5)22-16(11(3)20-17)14-9-8-12(19)10-15(14)23-4/h8-10,13H,6-7H2,1-5H3,(H,20,21). The number of methoxy groups -OCH3 is 2. The van der Waals surface area contributed by atoms with E-state index in [4.69, 9.17) is 21.1 Å². The maximum atomic E-state index is 6.05. The highest BCUT2D eigenvalue weighted by molar-refractivity contribution is 6.30. The molecule has 24 heavy (non-hydrogen) atoms. The summed E-state index contributed by atoms with van der Waals surface area (Å²) < 4.78 is 10.9. The zero-order chi connectivity index (χ0) is 17.7. The van der Waals surface area contributed by atoms with Crippen molar-refractivity contribution in [2.45, 2.75) is 39.7 Å². The number of nitrogens with zero attached hydrogens (tertiary/aromatic N) is 2. The third kappa shape index (κ3) is 3.90. The number of halogens is 1. The molecule has 1 aromatic carbocycles. The lowest BCUT2D eigenvalue weighted by Gasteiger charge is -2.19. The van der Waals surface area contributed by atoms with Crippen LogP contribution in [0.3, 0.4) is 0 Å². The van der Waals surface area contributed by atoms with Crippen LogP contribution in [0, 0.1) is 6.92 Å². The van der Waals surface area contributed by atoms with Crippen molar-refractivity contribution in [3.8, 4) is 22.9 Å². The van der Waals surface area contributed by atoms with E-state index in [2.05, 4.69) is 29.1 Å². The molecule has 0 atom stereocenters. The van der Waals surface area contributed by atoms with Gasteiger partial charge in [0.15, 0.2) is 5.82 Å². The van der Waals surface area contributed by atoms with E-state index in [1.807, 2.05) is 19.1 Å². The van der Waals surface area contributed by atoms with Gasteiger partial charge in [-0.3, -0.25) is 0 Å². The average Bonchev–Trinajstić information content (AvgIpc) is 2.60. The molecule has 0 radical (unpaired) electrons. The van der Waals surface area contributed by atoms with E-state index in [9.17, 15) is 0 Å². The highest BCUT2D eigenvalue weighted by Gasteiger charge is 2.18. The minimum atomic E-state index is 0.337. The Bertz CT molecular complexity index is 703. The molecule has 0 aliphatic carbocycles. The SMILES string of the molecule is CCC(CC)Nc1nc(C)c(-c2ccc(Cl)cc2OC)nc1OC. The molecule has 6 heteroatoms. The van der Waals surface area contributed by atoms with Gasteiger partial charge in [0.1, 0.15) is 5.75 Å². The number of hydrogen-bond donors (Lipinski definition) is 1. The molecule has 1 N–H and O–H groups in total. The zero-order valence-corrected chi connectivity index (χ0v) is 15.6. The van der Waals surface area contributed by atoms with Gasteiger partial charge < -0.3 is 14.8 Å². The van der Waals surface area contributed by atoms with Crippen LogP contribution in [0.4, 0.5) is 5.82 Å². The van der Waals surface area contributed by atoms with Crippen molar-refractivity contribution in [1.82, 2.24) is 9.97 Å². The fraction of sp³-hybridized carbons (Fsp3) is 0.444. The van der Waals surface area contributed by atoms with Crippen molar-refractivity contribution in [2.24, 2.45) is 0 Å². The van der Waals surface area contributed by atoms with Crippen LogP contribution in [-0.4, -0.2) is 30.2 Å². The molecule has 0 saturated heterocycles. The van der Waals surface area contributed by atoms with Gasteiger partial charge in [0.2, 0.25) is 0 Å². The molecule has 5 nitrogen and oxygen atoms in total. The van der Waals surface area contributed by atoms with Crippen LogP contribution in [-0.2, 0) is 0 Å². The van der Waals surface area contributed by atoms with Crippen molar-refractivity contribution in [1.29, 1.82) is 0 Å². The summed E-state index contributed by atoms with van der Waals surface area (Å²) in [5.41, 5.74) is 2.35. The van der Waals surface area contributed by atoms with Gasteiger partial charge >= 0.3 is 0 Å². The lowest BCUT2D eigenvalue weighted by Crippen LogP contribution is -2.19. The minimum Gasteiger partial charge on any atom is -0.496 e. The predicted molar refractivity (Wildman–Crippen MR) is 98.3 cm³/mol. The number of benzene rings is 1. The van der Waals surface area contributed by atoms with Crippen LogP contribution < -0.4 is 14.8 Å². The van der Waals surface area contributed by atoms with Crippen molar-refractivity contribution < 1.29 is 9.47 Å². The Hall–Kier alpha value is -2.01. The molecular weight excluding hydrogens is 326 g/mol. The Morgan fingerprint density at radius 1 is 1.12 bits per heavy atom. The third-order valence-corrected chi connectivity index (χ3v) is 4.21. The summed E-state index contributed by atoms with van der Waals surface area (Å²) in [6.07, 6.45) is 2.01. The summed E-state index contributed by atoms with van der Waals surface area (Å²) in [5.74, 6) is 1.79. The molecule has 0 saturated carbocycles. The molecule has 0 amide bonds. The van der Waals surface area contributed by atoms with E-state index >= 15 is 0 Å². The Balaban J connectivity index is 2.50. The minimum absolute atomic E-state index is 0.337. The molecule has 2 rings (SSSR count). The second-order valence-electron chi connectivity index (χ2n) is 5.52. The molecular formula is C18H24ClN3O2. The monoisotopic (exact) mass is 349 g/mol. The summed E-state index contributed by atoms with van der Waals surface area (Å²) in [6.45, 7) is 6.20. The molecule has 0 spiro atoms. The molecule has 0 aliphatic rings. The lowest BCUT2D eigenvalue weighted by molar-refractivity contribution is 0.396. The predicted octanol–water partition coefficient (Wildman–Crippen LogP) is 4.72. The third-order valence-electron chi connectivity index (χ3n) is 3.98. The normalized spacial score (nSPS) is 10.8. The quantitative estimate of drug-likeness (QED) is 0.783. The summed E-state index contributed by atoms with van der Waals surface area (Å²) in [5, 5.41) is 4.02. The summed E-state index contributed by atoms with van der Waals surface area (Å²) in [6, 6.07) is 5.79. The van der Waals surface area contributed by atoms with Crippen LogP contribution in [0.15, 0.2) is 18.2 Å². The number of aryl methyl sites for hydroxylation is 1. The number of ether oxygens (including phenoxy) is 2. The first-order valence-corrected chi connectivity index (χ1v) is 8.44. The first-order chi connectivity index (χ1) is 11.5. The van der Waals surface area contributed by atoms with Gasteiger partial charge in [-0.15, -0.1) is 0 Å². The van der Waals surface area contributed by atoms with Gasteiger partial charge in [-0.1, -0.05) is 25.4 Å². The molecule has 2 aromatic rings. The Labute approximate surface area is 148 Å². The van der Waals surface area contributed by atoms with Gasteiger partial charge in [-0.25, -0.2) is 9.97 Å². The summed E-state index contributed by atoms with van der Waals surface area (Å²) in [4.78, 5) is 9.32. The lowest BCUT2D eigenvalue weighted by atomic mass is 10.1. The fourth-order valence-electron chi connectivity index (χ4n) is 2.54. The molecule has 130 valence electrons. The zero-order valence-electron chi connectivity index (χ0n) is 14.8. The maximum Gasteiger partial charge on any atom is 0.257 e. The van der Waals surface area contributed by atoms with Crippen molar-refractivity contribution in [3.63, 3.8) is 0 Å². The first-order valence-electron chi connectivity index (χ1n) is 8.07. The number of anilines is 1. The maximum absolute atomic E-state index is 6.05. The smallest absolute Gasteiger partial charge is 0.257 e. The Kier molecular flexibility index (Phi) is 6.26. The van der Waals surface area contributed by atoms with Gasteiger partial charge in [0.05, 0.1) is 25.6 Å². The van der Waals surface area contributed by atoms with Gasteiger partial charge in [-0.05, 0) is 38.0 Å². The van der Waals surface area contributed by atoms with E-state index in [1.54, 1.807) is 20.3 Å². The fourth-order valence-corrected chi connectivity index (χ4v) is 2.70. The number of hydrogen-bond acceptors (Lipinski definition) is 5. The Morgan fingerprint density at radius 3 is 2.42 bits per heavy atom. The van der Waals surface area contributed by atoms with Crippen molar-refractivity contribution >= 4 is 17.4 Å². The Morgan fingerprint density at radius 2 is 1.83 bits per heavy atom. The van der Waals surface area contributed by atoms with E-state index in [0.29, 0.717) is 28.5 Å². The van der Waals surface area contributed by atoms with E-state index in [0.717, 1.165) is 29.8 Å². The molecule has 1 aromatic heterocycles. The van der Waals surface area contributed by atoms with E-state index in [1.165, 1.54) is 0 Å². The van der Waals surface area contributed by atoms with Crippen molar-refractivity contribution in [2.75, 3.05) is 19.5 Å². The van der Waals surface area contributed by atoms with Gasteiger partial charge in [0, 0.05) is 16.6 Å². The number of aromatic nitrogens is 2. The highest BCUT2D eigenvalue weighted by Crippen LogP contribution is 2.35. The largest absolute Gasteiger partial charge is 0.496 e. The van der Waals surface area contributed by atoms with E-state index < -0.39 is 0 Å². The van der Waals surface area contributed by atoms with Crippen LogP contribution in [0.5, 0.6) is 11.6 Å². The molecule has 1 heterocycles. The van der Waals surface area contributed by atoms with Crippen molar-refractivity contribution in [3.05, 3.63) is 28.9 Å². The molecule has 0 unspecified atom stereocenters. The topological polar surface area (TPSA) is 56.3 Å². The second-order valence-corrected chi connectivity index (χ2v) is 5.95. The summed E-state index contributed by atoms with van der Waals surface area (Å²) >= 11 is 6.05.